The maximum absolute atomic E-state index is 12.8. The highest BCUT2D eigenvalue weighted by molar-refractivity contribution is 6.03. The summed E-state index contributed by atoms with van der Waals surface area (Å²) < 4.78 is 0. The maximum Gasteiger partial charge on any atom is 0.276 e. The number of rotatable bonds is 5. The molecule has 0 aliphatic carbocycles. The lowest BCUT2D eigenvalue weighted by Gasteiger charge is -2.30. The van der Waals surface area contributed by atoms with E-state index < -0.39 is 0 Å². The normalized spacial score (nSPS) is 14.0. The van der Waals surface area contributed by atoms with Gasteiger partial charge in [-0.15, -0.1) is 0 Å². The van der Waals surface area contributed by atoms with Crippen molar-refractivity contribution < 1.29 is 18.7 Å². The van der Waals surface area contributed by atoms with Crippen LogP contribution in [0.15, 0.2) is 60.8 Å². The zero-order valence-electron chi connectivity index (χ0n) is 18.3. The lowest BCUT2D eigenvalue weighted by atomic mass is 9.96. The fraction of sp³-hybridized carbons (Fsp3) is 0.240. The van der Waals surface area contributed by atoms with Gasteiger partial charge >= 0.3 is 0 Å². The van der Waals surface area contributed by atoms with Crippen LogP contribution in [0.1, 0.15) is 43.7 Å². The van der Waals surface area contributed by atoms with Gasteiger partial charge in [0.05, 0.1) is 17.6 Å². The minimum Gasteiger partial charge on any atom is -0.369 e. The summed E-state index contributed by atoms with van der Waals surface area (Å²) in [5, 5.41) is 2.83. The topological polar surface area (TPSA) is 118 Å². The molecule has 8 heteroatoms. The number of primary amides is 1. The van der Waals surface area contributed by atoms with Crippen molar-refractivity contribution >= 4 is 23.4 Å². The van der Waals surface area contributed by atoms with Gasteiger partial charge in [-0.2, -0.15) is 0 Å². The minimum atomic E-state index is -0.334. The van der Waals surface area contributed by atoms with Gasteiger partial charge in [-0.1, -0.05) is 30.3 Å². The number of nitrogens with one attached hydrogen (secondary N) is 1. The highest BCUT2D eigenvalue weighted by atomic mass is 16.2. The van der Waals surface area contributed by atoms with Crippen LogP contribution in [0, 0.1) is 12.8 Å². The van der Waals surface area contributed by atoms with Crippen LogP contribution in [0.5, 0.6) is 0 Å². The lowest BCUT2D eigenvalue weighted by Crippen LogP contribution is -2.41. The van der Waals surface area contributed by atoms with Gasteiger partial charge in [0.25, 0.3) is 11.8 Å². The number of likely N-dealkylation sites (tertiary alicyclic amines) is 1. The fourth-order valence-corrected chi connectivity index (χ4v) is 3.85. The fourth-order valence-electron chi connectivity index (χ4n) is 3.85. The van der Waals surface area contributed by atoms with E-state index in [-0.39, 0.29) is 33.6 Å². The van der Waals surface area contributed by atoms with Gasteiger partial charge in [-0.05, 0) is 44.0 Å². The van der Waals surface area contributed by atoms with Crippen molar-refractivity contribution in [2.45, 2.75) is 19.8 Å². The standard InChI is InChI=1S/C25H25N5O3.3H2/c1-16-22(24(32)28-20-5-3-2-4-6-20)29-21(15-27-16)17-7-9-19(10-8-17)25(33)30-13-11-18(12-14-30)23(26)31;;;/h2-10,15,18H,11-14H2,1H3,(H2,26,31)(H,28,32);3*1H. The smallest absolute Gasteiger partial charge is 0.276 e. The molecule has 0 radical (unpaired) electrons. The molecule has 3 amide bonds. The summed E-state index contributed by atoms with van der Waals surface area (Å²) in [5.74, 6) is -0.881. The van der Waals surface area contributed by atoms with E-state index in [1.165, 1.54) is 0 Å². The van der Waals surface area contributed by atoms with E-state index in [2.05, 4.69) is 15.3 Å². The number of para-hydroxylation sites is 1. The number of nitrogens with two attached hydrogens (primary N) is 1. The van der Waals surface area contributed by atoms with E-state index >= 15 is 0 Å². The van der Waals surface area contributed by atoms with Gasteiger partial charge < -0.3 is 16.0 Å². The molecule has 2 heterocycles. The molecule has 174 valence electrons. The summed E-state index contributed by atoms with van der Waals surface area (Å²) in [5.41, 5.74) is 8.66. The summed E-state index contributed by atoms with van der Waals surface area (Å²) in [6.07, 6.45) is 2.79. The number of amides is 3. The Kier molecular flexibility index (Phi) is 6.44. The Hall–Kier alpha value is -4.07. The first-order valence-electron chi connectivity index (χ1n) is 10.8. The number of hydrogen-bond donors (Lipinski definition) is 2. The molecule has 0 bridgehead atoms. The molecule has 0 atom stereocenters. The molecular formula is C25H31N5O3. The second-order valence-electron chi connectivity index (χ2n) is 8.06. The first-order valence-corrected chi connectivity index (χ1v) is 10.8. The first-order chi connectivity index (χ1) is 15.9. The van der Waals surface area contributed by atoms with E-state index in [9.17, 15) is 14.4 Å². The Bertz CT molecular complexity index is 1190. The molecule has 1 aliphatic heterocycles. The van der Waals surface area contributed by atoms with Crippen LogP contribution in [-0.2, 0) is 4.79 Å². The van der Waals surface area contributed by atoms with Crippen LogP contribution in [0.2, 0.25) is 0 Å². The Morgan fingerprint density at radius 3 is 2.33 bits per heavy atom. The van der Waals surface area contributed by atoms with Crippen LogP contribution in [-0.4, -0.2) is 45.7 Å². The van der Waals surface area contributed by atoms with Gasteiger partial charge in [0.2, 0.25) is 5.91 Å². The molecule has 3 N–H and O–H groups in total. The summed E-state index contributed by atoms with van der Waals surface area (Å²) in [6.45, 7) is 2.76. The molecule has 1 aromatic heterocycles. The van der Waals surface area contributed by atoms with Gasteiger partial charge in [-0.3, -0.25) is 19.4 Å². The SMILES string of the molecule is Cc1ncc(-c2ccc(C(=O)N3CCC(C(N)=O)CC3)cc2)nc1C(=O)Nc1ccccc1.[HH].[HH].[HH]. The third-order valence-corrected chi connectivity index (χ3v) is 5.81. The Morgan fingerprint density at radius 1 is 1.03 bits per heavy atom. The quantitative estimate of drug-likeness (QED) is 0.614. The third-order valence-electron chi connectivity index (χ3n) is 5.81. The predicted molar refractivity (Wildman–Crippen MR) is 131 cm³/mol. The highest BCUT2D eigenvalue weighted by Gasteiger charge is 2.26. The van der Waals surface area contributed by atoms with Gasteiger partial charge in [-0.25, -0.2) is 4.98 Å². The average molecular weight is 450 g/mol. The molecule has 0 unspecified atom stereocenters. The molecule has 1 aliphatic rings. The van der Waals surface area contributed by atoms with Crippen molar-refractivity contribution in [2.24, 2.45) is 11.7 Å². The molecule has 8 nitrogen and oxygen atoms in total. The largest absolute Gasteiger partial charge is 0.369 e. The summed E-state index contributed by atoms with van der Waals surface area (Å²) >= 11 is 0. The van der Waals surface area contributed by atoms with E-state index in [1.54, 1.807) is 54.4 Å². The van der Waals surface area contributed by atoms with E-state index in [1.807, 2.05) is 18.2 Å². The Morgan fingerprint density at radius 2 is 1.70 bits per heavy atom. The molecule has 2 aromatic carbocycles. The van der Waals surface area contributed by atoms with Crippen molar-refractivity contribution in [3.63, 3.8) is 0 Å². The number of anilines is 1. The maximum atomic E-state index is 12.8. The van der Waals surface area contributed by atoms with Crippen molar-refractivity contribution in [3.8, 4) is 11.3 Å². The Labute approximate surface area is 196 Å². The predicted octanol–water partition coefficient (Wildman–Crippen LogP) is 3.78. The number of aromatic nitrogens is 2. The van der Waals surface area contributed by atoms with Crippen LogP contribution < -0.4 is 11.1 Å². The average Bonchev–Trinajstić information content (AvgIpc) is 2.84. The minimum absolute atomic E-state index is 0. The lowest BCUT2D eigenvalue weighted by molar-refractivity contribution is -0.123. The number of nitrogens with zero attached hydrogens (tertiary/aromatic N) is 3. The van der Waals surface area contributed by atoms with E-state index in [4.69, 9.17) is 5.73 Å². The van der Waals surface area contributed by atoms with Gasteiger partial charge in [0.15, 0.2) is 0 Å². The zero-order chi connectivity index (χ0) is 23.4. The monoisotopic (exact) mass is 449 g/mol. The number of carbonyl (C=O) groups excluding carboxylic acids is 3. The number of benzene rings is 2. The molecule has 1 saturated heterocycles. The number of piperidine rings is 1. The van der Waals surface area contributed by atoms with Crippen molar-refractivity contribution in [1.29, 1.82) is 0 Å². The summed E-state index contributed by atoms with van der Waals surface area (Å²) in [4.78, 5) is 47.4. The molecule has 3 aromatic rings. The second kappa shape index (κ2) is 9.60. The molecular weight excluding hydrogens is 418 g/mol. The van der Waals surface area contributed by atoms with Crippen LogP contribution >= 0.6 is 0 Å². The molecule has 4 rings (SSSR count). The Balaban J connectivity index is 0.00000216. The second-order valence-corrected chi connectivity index (χ2v) is 8.06. The number of hydrogen-bond acceptors (Lipinski definition) is 5. The highest BCUT2D eigenvalue weighted by Crippen LogP contribution is 2.22. The number of aryl methyl sites for hydroxylation is 1. The molecule has 0 saturated carbocycles. The number of carbonyl (C=O) groups is 3. The van der Waals surface area contributed by atoms with Crippen LogP contribution in [0.3, 0.4) is 0 Å². The zero-order valence-corrected chi connectivity index (χ0v) is 18.3. The van der Waals surface area contributed by atoms with Crippen molar-refractivity contribution in [3.05, 3.63) is 77.7 Å². The van der Waals surface area contributed by atoms with E-state index in [0.29, 0.717) is 48.6 Å². The molecule has 33 heavy (non-hydrogen) atoms. The van der Waals surface area contributed by atoms with Gasteiger partial charge in [0, 0.05) is 40.1 Å². The van der Waals surface area contributed by atoms with Crippen LogP contribution in [0.4, 0.5) is 5.69 Å². The summed E-state index contributed by atoms with van der Waals surface area (Å²) in [7, 11) is 0. The van der Waals surface area contributed by atoms with E-state index in [0.717, 1.165) is 5.56 Å². The van der Waals surface area contributed by atoms with Crippen molar-refractivity contribution in [2.75, 3.05) is 18.4 Å². The van der Waals surface area contributed by atoms with Crippen molar-refractivity contribution in [1.82, 2.24) is 14.9 Å². The molecule has 1 fully saturated rings. The van der Waals surface area contributed by atoms with Crippen LogP contribution in [0.25, 0.3) is 11.3 Å². The summed E-state index contributed by atoms with van der Waals surface area (Å²) in [6, 6.07) is 16.2. The molecule has 0 spiro atoms. The first kappa shape index (κ1) is 22.1. The third kappa shape index (κ3) is 5.06. The van der Waals surface area contributed by atoms with Gasteiger partial charge in [0.1, 0.15) is 5.69 Å².